The van der Waals surface area contributed by atoms with E-state index in [2.05, 4.69) is 29.5 Å². The highest BCUT2D eigenvalue weighted by Crippen LogP contribution is 2.10. The molecule has 1 aromatic carbocycles. The Bertz CT molecular complexity index is 442. The van der Waals surface area contributed by atoms with E-state index in [1.807, 2.05) is 29.4 Å². The molecule has 0 fully saturated rings. The lowest BCUT2D eigenvalue weighted by Crippen LogP contribution is -3.00. The molecule has 1 aromatic heterocycles. The van der Waals surface area contributed by atoms with Gasteiger partial charge in [0.1, 0.15) is 0 Å². The summed E-state index contributed by atoms with van der Waals surface area (Å²) in [5.41, 5.74) is 4.35. The molecule has 1 heterocycles. The summed E-state index contributed by atoms with van der Waals surface area (Å²) in [6, 6.07) is 8.20. The van der Waals surface area contributed by atoms with Crippen LogP contribution in [0.3, 0.4) is 0 Å². The normalized spacial score (nSPS) is 9.47. The van der Waals surface area contributed by atoms with Crippen molar-refractivity contribution in [3.63, 3.8) is 0 Å². The number of nitrogens with zero attached hydrogens (tertiary/aromatic N) is 2. The summed E-state index contributed by atoms with van der Waals surface area (Å²) in [4.78, 5) is 0. The van der Waals surface area contributed by atoms with Gasteiger partial charge in [0, 0.05) is 23.8 Å². The van der Waals surface area contributed by atoms with Crippen LogP contribution in [0.15, 0.2) is 29.8 Å². The molecule has 0 aliphatic carbocycles. The Hall–Kier alpha value is -1.13. The molecular weight excluding hydrogens is 230 g/mol. The van der Waals surface area contributed by atoms with Crippen molar-refractivity contribution in [3.05, 3.63) is 35.3 Å². The van der Waals surface area contributed by atoms with Crippen LogP contribution >= 0.6 is 11.3 Å². The predicted octanol–water partition coefficient (Wildman–Crippen LogP) is -1.23. The number of aryl methyl sites for hydroxylation is 1. The zero-order chi connectivity index (χ0) is 9.97. The van der Waals surface area contributed by atoms with Gasteiger partial charge in [-0.1, -0.05) is 18.2 Å². The zero-order valence-electron chi connectivity index (χ0n) is 8.57. The first kappa shape index (κ1) is 11.9. The average Bonchev–Trinajstić information content (AvgIpc) is 2.67. The number of anilines is 1. The van der Waals surface area contributed by atoms with Crippen molar-refractivity contribution in [2.24, 2.45) is 0 Å². The first-order chi connectivity index (χ1) is 6.81. The molecule has 0 aliphatic heterocycles. The minimum atomic E-state index is 0. The Morgan fingerprint density at radius 1 is 1.33 bits per heavy atom. The van der Waals surface area contributed by atoms with Crippen LogP contribution in [0.4, 0.5) is 5.13 Å². The topological polar surface area (TPSA) is 28.8 Å². The quantitative estimate of drug-likeness (QED) is 0.668. The van der Waals surface area contributed by atoms with Gasteiger partial charge in [-0.05, 0) is 22.9 Å². The highest BCUT2D eigenvalue weighted by atomic mass is 35.5. The van der Waals surface area contributed by atoms with Gasteiger partial charge < -0.3 is 17.7 Å². The van der Waals surface area contributed by atoms with Gasteiger partial charge in [-0.15, -0.1) is 0 Å². The Morgan fingerprint density at radius 2 is 2.07 bits per heavy atom. The van der Waals surface area contributed by atoms with Crippen LogP contribution in [-0.4, -0.2) is 12.1 Å². The number of hydrogen-bond donors (Lipinski definition) is 1. The van der Waals surface area contributed by atoms with Gasteiger partial charge in [0.15, 0.2) is 0 Å². The van der Waals surface area contributed by atoms with E-state index >= 15 is 0 Å². The van der Waals surface area contributed by atoms with Gasteiger partial charge in [0.25, 0.3) is 10.6 Å². The first-order valence-corrected chi connectivity index (χ1v) is 5.30. The third-order valence-corrected chi connectivity index (χ3v) is 2.85. The minimum absolute atomic E-state index is 0. The monoisotopic (exact) mass is 241 g/mol. The van der Waals surface area contributed by atoms with Crippen LogP contribution in [0.2, 0.25) is 0 Å². The molecule has 0 atom stereocenters. The Labute approximate surface area is 99.2 Å². The van der Waals surface area contributed by atoms with E-state index in [4.69, 9.17) is 0 Å². The average molecular weight is 242 g/mol. The summed E-state index contributed by atoms with van der Waals surface area (Å²) in [6.45, 7) is 2.08. The van der Waals surface area contributed by atoms with Crippen molar-refractivity contribution in [3.8, 4) is 5.69 Å². The van der Waals surface area contributed by atoms with E-state index < -0.39 is 0 Å². The maximum atomic E-state index is 4.38. The van der Waals surface area contributed by atoms with Crippen LogP contribution < -0.4 is 22.4 Å². The number of nitrogens with one attached hydrogen (secondary N) is 1. The molecule has 0 bridgehead atoms. The van der Waals surface area contributed by atoms with Crippen molar-refractivity contribution in [1.82, 2.24) is 5.10 Å². The molecular formula is C10H12ClN3S. The fourth-order valence-electron chi connectivity index (χ4n) is 1.28. The van der Waals surface area contributed by atoms with Crippen LogP contribution in [-0.2, 0) is 0 Å². The molecule has 0 spiro atoms. The van der Waals surface area contributed by atoms with Crippen LogP contribution in [0.25, 0.3) is 5.69 Å². The van der Waals surface area contributed by atoms with E-state index in [1.54, 1.807) is 11.3 Å². The maximum Gasteiger partial charge on any atom is 0.261 e. The number of hydrogen-bond acceptors (Lipinski definition) is 3. The standard InChI is InChI=1S/C10H12N3S.ClH/c1-8-5-3-4-6-9(8)13-7-14-10(11-2)12-13;/h3-7H,1-2H3,(H,11,12);1H/q+1;/p-1. The number of aromatic nitrogens is 2. The van der Waals surface area contributed by atoms with Crippen molar-refractivity contribution in [1.29, 1.82) is 0 Å². The van der Waals surface area contributed by atoms with E-state index in [9.17, 15) is 0 Å². The largest absolute Gasteiger partial charge is 1.00 e. The van der Waals surface area contributed by atoms with Crippen molar-refractivity contribution in [2.45, 2.75) is 6.92 Å². The highest BCUT2D eigenvalue weighted by molar-refractivity contribution is 7.13. The smallest absolute Gasteiger partial charge is 0.261 e. The molecule has 0 aliphatic rings. The summed E-state index contributed by atoms with van der Waals surface area (Å²) in [5.74, 6) is 0. The SMILES string of the molecule is CNc1n[n+](-c2ccccc2C)cs1.[Cl-]. The lowest BCUT2D eigenvalue weighted by molar-refractivity contribution is -0.653. The first-order valence-electron chi connectivity index (χ1n) is 4.42. The summed E-state index contributed by atoms with van der Waals surface area (Å²) < 4.78 is 1.89. The molecule has 0 unspecified atom stereocenters. The van der Waals surface area contributed by atoms with Crippen LogP contribution in [0.1, 0.15) is 5.56 Å². The lowest BCUT2D eigenvalue weighted by Gasteiger charge is -1.92. The fraction of sp³-hybridized carbons (Fsp3) is 0.200. The molecule has 0 saturated heterocycles. The molecule has 3 nitrogen and oxygen atoms in total. The molecule has 15 heavy (non-hydrogen) atoms. The third-order valence-electron chi connectivity index (χ3n) is 2.04. The number of para-hydroxylation sites is 1. The van der Waals surface area contributed by atoms with E-state index in [-0.39, 0.29) is 12.4 Å². The zero-order valence-corrected chi connectivity index (χ0v) is 10.1. The van der Waals surface area contributed by atoms with E-state index in [0.29, 0.717) is 0 Å². The van der Waals surface area contributed by atoms with Crippen LogP contribution in [0, 0.1) is 6.92 Å². The van der Waals surface area contributed by atoms with Gasteiger partial charge >= 0.3 is 0 Å². The van der Waals surface area contributed by atoms with Gasteiger partial charge in [0.05, 0.1) is 0 Å². The van der Waals surface area contributed by atoms with Gasteiger partial charge in [0.2, 0.25) is 5.69 Å². The van der Waals surface area contributed by atoms with Crippen molar-refractivity contribution in [2.75, 3.05) is 12.4 Å². The number of halogens is 1. The summed E-state index contributed by atoms with van der Waals surface area (Å²) in [6.07, 6.45) is 0. The summed E-state index contributed by atoms with van der Waals surface area (Å²) >= 11 is 1.59. The van der Waals surface area contributed by atoms with E-state index in [0.717, 1.165) is 10.8 Å². The molecule has 80 valence electrons. The molecule has 5 heteroatoms. The molecule has 0 saturated carbocycles. The van der Waals surface area contributed by atoms with Gasteiger partial charge in [-0.25, -0.2) is 0 Å². The Balaban J connectivity index is 0.00000112. The van der Waals surface area contributed by atoms with Gasteiger partial charge in [-0.3, -0.25) is 0 Å². The second-order valence-corrected chi connectivity index (χ2v) is 3.84. The fourth-order valence-corrected chi connectivity index (χ4v) is 1.90. The molecule has 0 radical (unpaired) electrons. The summed E-state index contributed by atoms with van der Waals surface area (Å²) in [5, 5.41) is 8.33. The second-order valence-electron chi connectivity index (χ2n) is 3.01. The molecule has 2 rings (SSSR count). The molecule has 2 aromatic rings. The molecule has 0 amide bonds. The maximum absolute atomic E-state index is 4.38. The van der Waals surface area contributed by atoms with E-state index in [1.165, 1.54) is 5.56 Å². The minimum Gasteiger partial charge on any atom is -1.00 e. The Kier molecular flexibility index (Phi) is 4.05. The second kappa shape index (κ2) is 5.09. The lowest BCUT2D eigenvalue weighted by atomic mass is 10.2. The number of benzene rings is 1. The van der Waals surface area contributed by atoms with Crippen molar-refractivity contribution < 1.29 is 17.1 Å². The third kappa shape index (κ3) is 2.46. The van der Waals surface area contributed by atoms with Crippen molar-refractivity contribution >= 4 is 16.5 Å². The predicted molar refractivity (Wildman–Crippen MR) is 57.9 cm³/mol. The highest BCUT2D eigenvalue weighted by Gasteiger charge is 2.13. The summed E-state index contributed by atoms with van der Waals surface area (Å²) in [7, 11) is 1.88. The Morgan fingerprint density at radius 3 is 2.67 bits per heavy atom. The number of rotatable bonds is 2. The molecule has 1 N–H and O–H groups in total. The van der Waals surface area contributed by atoms with Gasteiger partial charge in [-0.2, -0.15) is 0 Å². The van der Waals surface area contributed by atoms with Crippen LogP contribution in [0.5, 0.6) is 0 Å².